The average Bonchev–Trinajstić information content (AvgIpc) is 2.48. The van der Waals surface area contributed by atoms with E-state index in [-0.39, 0.29) is 0 Å². The smallest absolute Gasteiger partial charge is 0.0118 e. The third-order valence-corrected chi connectivity index (χ3v) is 6.31. The van der Waals surface area contributed by atoms with Crippen LogP contribution in [0, 0.1) is 17.8 Å². The van der Waals surface area contributed by atoms with Gasteiger partial charge in [-0.25, -0.2) is 0 Å². The van der Waals surface area contributed by atoms with Crippen molar-refractivity contribution in [3.05, 3.63) is 0 Å². The average molecular weight is 295 g/mol. The number of nitrogens with one attached hydrogen (secondary N) is 1. The Morgan fingerprint density at radius 1 is 1.10 bits per heavy atom. The van der Waals surface area contributed by atoms with Crippen LogP contribution < -0.4 is 5.32 Å². The molecule has 2 saturated carbocycles. The molecular weight excluding hydrogens is 256 g/mol. The molecular formula is C19H38N2. The lowest BCUT2D eigenvalue weighted by atomic mass is 9.75. The second kappa shape index (κ2) is 8.53. The number of rotatable bonds is 6. The molecule has 1 N–H and O–H groups in total. The van der Waals surface area contributed by atoms with E-state index in [1.54, 1.807) is 0 Å². The molecule has 21 heavy (non-hydrogen) atoms. The highest BCUT2D eigenvalue weighted by molar-refractivity contribution is 4.88. The highest BCUT2D eigenvalue weighted by Crippen LogP contribution is 2.34. The molecule has 5 atom stereocenters. The third-order valence-electron chi connectivity index (χ3n) is 6.31. The molecule has 0 saturated heterocycles. The van der Waals surface area contributed by atoms with E-state index in [2.05, 4.69) is 38.2 Å². The van der Waals surface area contributed by atoms with Crippen LogP contribution in [0.5, 0.6) is 0 Å². The molecule has 0 bridgehead atoms. The van der Waals surface area contributed by atoms with E-state index < -0.39 is 0 Å². The van der Waals surface area contributed by atoms with Crippen LogP contribution in [0.4, 0.5) is 0 Å². The van der Waals surface area contributed by atoms with Crippen molar-refractivity contribution in [2.75, 3.05) is 20.6 Å². The predicted octanol–water partition coefficient (Wildman–Crippen LogP) is 4.30. The fourth-order valence-electron chi connectivity index (χ4n) is 5.07. The van der Waals surface area contributed by atoms with Crippen molar-refractivity contribution < 1.29 is 0 Å². The van der Waals surface area contributed by atoms with Gasteiger partial charge in [0.05, 0.1) is 0 Å². The highest BCUT2D eigenvalue weighted by Gasteiger charge is 2.32. The Labute approximate surface area is 133 Å². The van der Waals surface area contributed by atoms with Gasteiger partial charge in [-0.3, -0.25) is 0 Å². The first kappa shape index (κ1) is 17.3. The first-order chi connectivity index (χ1) is 10.2. The van der Waals surface area contributed by atoms with Gasteiger partial charge < -0.3 is 10.2 Å². The Morgan fingerprint density at radius 3 is 2.52 bits per heavy atom. The maximum atomic E-state index is 3.61. The van der Waals surface area contributed by atoms with Crippen LogP contribution in [-0.2, 0) is 0 Å². The molecule has 2 rings (SSSR count). The molecule has 2 fully saturated rings. The monoisotopic (exact) mass is 294 g/mol. The van der Waals surface area contributed by atoms with Gasteiger partial charge >= 0.3 is 0 Å². The van der Waals surface area contributed by atoms with Crippen molar-refractivity contribution in [2.24, 2.45) is 17.8 Å². The maximum Gasteiger partial charge on any atom is 0.0118 e. The van der Waals surface area contributed by atoms with Crippen molar-refractivity contribution in [3.63, 3.8) is 0 Å². The van der Waals surface area contributed by atoms with Gasteiger partial charge in [0.1, 0.15) is 0 Å². The molecule has 0 amide bonds. The minimum absolute atomic E-state index is 0.749. The topological polar surface area (TPSA) is 15.3 Å². The summed E-state index contributed by atoms with van der Waals surface area (Å²) in [5.41, 5.74) is 0. The summed E-state index contributed by atoms with van der Waals surface area (Å²) in [5, 5.41) is 3.61. The van der Waals surface area contributed by atoms with Crippen LogP contribution >= 0.6 is 0 Å². The van der Waals surface area contributed by atoms with E-state index in [0.717, 1.165) is 29.8 Å². The molecule has 2 heteroatoms. The van der Waals surface area contributed by atoms with E-state index in [1.165, 1.54) is 64.3 Å². The summed E-state index contributed by atoms with van der Waals surface area (Å²) in [6, 6.07) is 1.59. The fraction of sp³-hybridized carbons (Fsp3) is 1.00. The third kappa shape index (κ3) is 4.69. The highest BCUT2D eigenvalue weighted by atomic mass is 15.1. The van der Waals surface area contributed by atoms with E-state index in [4.69, 9.17) is 0 Å². The summed E-state index contributed by atoms with van der Waals surface area (Å²) < 4.78 is 0. The molecule has 2 nitrogen and oxygen atoms in total. The van der Waals surface area contributed by atoms with Gasteiger partial charge in [-0.2, -0.15) is 0 Å². The molecule has 0 radical (unpaired) electrons. The summed E-state index contributed by atoms with van der Waals surface area (Å²) in [7, 11) is 4.56. The second-order valence-corrected chi connectivity index (χ2v) is 7.89. The van der Waals surface area contributed by atoms with Crippen LogP contribution in [-0.4, -0.2) is 37.6 Å². The van der Waals surface area contributed by atoms with Gasteiger partial charge in [-0.1, -0.05) is 39.5 Å². The Hall–Kier alpha value is -0.0800. The number of hydrogen-bond acceptors (Lipinski definition) is 2. The first-order valence-corrected chi connectivity index (χ1v) is 9.53. The predicted molar refractivity (Wildman–Crippen MR) is 92.6 cm³/mol. The van der Waals surface area contributed by atoms with Gasteiger partial charge in [-0.15, -0.1) is 0 Å². The Kier molecular flexibility index (Phi) is 7.01. The lowest BCUT2D eigenvalue weighted by Crippen LogP contribution is -2.48. The van der Waals surface area contributed by atoms with Gasteiger partial charge in [0, 0.05) is 18.6 Å². The van der Waals surface area contributed by atoms with Crippen molar-refractivity contribution in [1.82, 2.24) is 10.2 Å². The van der Waals surface area contributed by atoms with E-state index in [1.807, 2.05) is 0 Å². The van der Waals surface area contributed by atoms with Crippen LogP contribution in [0.1, 0.15) is 71.6 Å². The maximum absolute atomic E-state index is 3.61. The molecule has 5 unspecified atom stereocenters. The fourth-order valence-corrected chi connectivity index (χ4v) is 5.07. The summed E-state index contributed by atoms with van der Waals surface area (Å²) in [4.78, 5) is 2.72. The lowest BCUT2D eigenvalue weighted by Gasteiger charge is -2.42. The molecule has 0 aliphatic heterocycles. The Morgan fingerprint density at radius 2 is 1.86 bits per heavy atom. The number of nitrogens with zero attached hydrogens (tertiary/aromatic N) is 1. The Bertz CT molecular complexity index is 291. The summed E-state index contributed by atoms with van der Waals surface area (Å²) in [6.45, 7) is 6.12. The minimum Gasteiger partial charge on any atom is -0.317 e. The largest absolute Gasteiger partial charge is 0.317 e. The standard InChI is InChI=1S/C19H38N2/c1-5-8-16-11-12-18(20-3)17(13-16)14-21(4)19-10-7-6-9-15(19)2/h15-20H,5-14H2,1-4H3. The second-order valence-electron chi connectivity index (χ2n) is 7.89. The molecule has 124 valence electrons. The van der Waals surface area contributed by atoms with Gasteiger partial charge in [0.2, 0.25) is 0 Å². The lowest BCUT2D eigenvalue weighted by molar-refractivity contribution is 0.0886. The molecule has 2 aliphatic rings. The number of hydrogen-bond donors (Lipinski definition) is 1. The van der Waals surface area contributed by atoms with Crippen molar-refractivity contribution in [1.29, 1.82) is 0 Å². The van der Waals surface area contributed by atoms with Crippen LogP contribution in [0.15, 0.2) is 0 Å². The zero-order chi connectivity index (χ0) is 15.2. The molecule has 0 spiro atoms. The van der Waals surface area contributed by atoms with Gasteiger partial charge in [-0.05, 0) is 64.0 Å². The molecule has 0 aromatic carbocycles. The van der Waals surface area contributed by atoms with Gasteiger partial charge in [0.25, 0.3) is 0 Å². The summed E-state index contributed by atoms with van der Waals surface area (Å²) >= 11 is 0. The molecule has 2 aliphatic carbocycles. The van der Waals surface area contributed by atoms with Crippen LogP contribution in [0.2, 0.25) is 0 Å². The zero-order valence-electron chi connectivity index (χ0n) is 14.9. The Balaban J connectivity index is 1.90. The van der Waals surface area contributed by atoms with Crippen molar-refractivity contribution in [3.8, 4) is 0 Å². The van der Waals surface area contributed by atoms with Crippen LogP contribution in [0.3, 0.4) is 0 Å². The van der Waals surface area contributed by atoms with E-state index in [0.29, 0.717) is 0 Å². The van der Waals surface area contributed by atoms with Crippen molar-refractivity contribution >= 4 is 0 Å². The van der Waals surface area contributed by atoms with Crippen LogP contribution in [0.25, 0.3) is 0 Å². The SMILES string of the molecule is CCCC1CCC(NC)C(CN(C)C2CCCCC2C)C1. The van der Waals surface area contributed by atoms with E-state index in [9.17, 15) is 0 Å². The summed E-state index contributed by atoms with van der Waals surface area (Å²) in [5.74, 6) is 2.74. The quantitative estimate of drug-likeness (QED) is 0.785. The van der Waals surface area contributed by atoms with Gasteiger partial charge in [0.15, 0.2) is 0 Å². The zero-order valence-corrected chi connectivity index (χ0v) is 14.9. The minimum atomic E-state index is 0.749. The van der Waals surface area contributed by atoms with E-state index >= 15 is 0 Å². The summed E-state index contributed by atoms with van der Waals surface area (Å²) in [6.07, 6.45) is 12.8. The normalized spacial score (nSPS) is 37.9. The molecule has 0 aromatic rings. The van der Waals surface area contributed by atoms with Crippen molar-refractivity contribution in [2.45, 2.75) is 83.7 Å². The molecule has 0 heterocycles. The first-order valence-electron chi connectivity index (χ1n) is 9.53. The molecule has 0 aromatic heterocycles.